The van der Waals surface area contributed by atoms with Crippen molar-refractivity contribution in [3.05, 3.63) is 158 Å². The van der Waals surface area contributed by atoms with E-state index >= 15 is 0 Å². The van der Waals surface area contributed by atoms with Gasteiger partial charge in [-0.15, -0.1) is 0 Å². The van der Waals surface area contributed by atoms with Crippen LogP contribution in [0.4, 0.5) is 0 Å². The first-order chi connectivity index (χ1) is 19.8. The average Bonchev–Trinajstić information content (AvgIpc) is 3.04. The van der Waals surface area contributed by atoms with E-state index in [1.165, 1.54) is 76.5 Å². The molecule has 0 aliphatic rings. The van der Waals surface area contributed by atoms with E-state index in [4.69, 9.17) is 0 Å². The Balaban J connectivity index is 1.18. The van der Waals surface area contributed by atoms with Gasteiger partial charge in [0.05, 0.1) is 0 Å². The molecule has 0 fully saturated rings. The van der Waals surface area contributed by atoms with Gasteiger partial charge < -0.3 is 0 Å². The van der Waals surface area contributed by atoms with Gasteiger partial charge in [-0.2, -0.15) is 0 Å². The van der Waals surface area contributed by atoms with Crippen LogP contribution in [0.25, 0.3) is 76.5 Å². The van der Waals surface area contributed by atoms with Gasteiger partial charge in [-0.05, 0) is 101 Å². The van der Waals surface area contributed by atoms with Crippen molar-refractivity contribution in [2.75, 3.05) is 0 Å². The molecule has 0 nitrogen and oxygen atoms in total. The van der Waals surface area contributed by atoms with Crippen LogP contribution in [0.5, 0.6) is 0 Å². The zero-order chi connectivity index (χ0) is 26.5. The van der Waals surface area contributed by atoms with Crippen molar-refractivity contribution < 1.29 is 0 Å². The second-order valence-corrected chi connectivity index (χ2v) is 10.6. The van der Waals surface area contributed by atoms with Gasteiger partial charge >= 0.3 is 0 Å². The maximum Gasteiger partial charge on any atom is -0.00990 e. The fourth-order valence-corrected chi connectivity index (χ4v) is 6.11. The van der Waals surface area contributed by atoms with Crippen LogP contribution in [0.15, 0.2) is 158 Å². The second kappa shape index (κ2) is 9.22. The first-order valence-corrected chi connectivity index (χ1v) is 13.8. The molecule has 0 spiro atoms. The fraction of sp³-hybridized carbons (Fsp3) is 0. The molecule has 0 aliphatic heterocycles. The number of fused-ring (bicyclic) bond motifs is 5. The van der Waals surface area contributed by atoms with Crippen LogP contribution >= 0.6 is 0 Å². The SMILES string of the molecule is c1ccc2cc(-c3ccc4ccc(-c5ccc(-c6cc7ccccc7c7ccccc67)cc5)cc4c3)ccc2c1. The highest BCUT2D eigenvalue weighted by Crippen LogP contribution is 2.36. The summed E-state index contributed by atoms with van der Waals surface area (Å²) in [6.45, 7) is 0. The quantitative estimate of drug-likeness (QED) is 0.209. The molecular weight excluding hydrogens is 480 g/mol. The van der Waals surface area contributed by atoms with Gasteiger partial charge in [-0.25, -0.2) is 0 Å². The minimum atomic E-state index is 1.23. The van der Waals surface area contributed by atoms with Crippen molar-refractivity contribution in [1.82, 2.24) is 0 Å². The molecule has 186 valence electrons. The minimum absolute atomic E-state index is 1.23. The highest BCUT2D eigenvalue weighted by Gasteiger charge is 2.09. The minimum Gasteiger partial charge on any atom is -0.0616 e. The van der Waals surface area contributed by atoms with Gasteiger partial charge in [0, 0.05) is 0 Å². The molecule has 0 saturated heterocycles. The fourth-order valence-electron chi connectivity index (χ4n) is 6.11. The zero-order valence-electron chi connectivity index (χ0n) is 22.0. The summed E-state index contributed by atoms with van der Waals surface area (Å²) in [6.07, 6.45) is 0. The second-order valence-electron chi connectivity index (χ2n) is 10.6. The number of rotatable bonds is 3. The molecule has 0 saturated carbocycles. The molecule has 0 aromatic heterocycles. The van der Waals surface area contributed by atoms with Crippen LogP contribution in [-0.2, 0) is 0 Å². The Hall–Kier alpha value is -5.20. The highest BCUT2D eigenvalue weighted by molar-refractivity contribution is 6.13. The van der Waals surface area contributed by atoms with E-state index in [2.05, 4.69) is 158 Å². The van der Waals surface area contributed by atoms with Crippen molar-refractivity contribution in [1.29, 1.82) is 0 Å². The Bertz CT molecular complexity index is 2200. The predicted octanol–water partition coefficient (Wildman–Crippen LogP) is 11.3. The standard InChI is InChI=1S/C40H26/c1-2-8-31-23-33(21-15-27(31)7-1)34-22-17-29-16-20-32(24-36(29)25-34)28-13-18-30(19-14-28)40-26-35-9-3-4-10-37(35)38-11-5-6-12-39(38)40/h1-26H. The van der Waals surface area contributed by atoms with Gasteiger partial charge in [0.25, 0.3) is 0 Å². The normalized spacial score (nSPS) is 11.5. The van der Waals surface area contributed by atoms with Crippen LogP contribution in [0.3, 0.4) is 0 Å². The van der Waals surface area contributed by atoms with Crippen molar-refractivity contribution in [3.8, 4) is 33.4 Å². The van der Waals surface area contributed by atoms with Crippen LogP contribution in [0.1, 0.15) is 0 Å². The van der Waals surface area contributed by atoms with Crippen LogP contribution in [-0.4, -0.2) is 0 Å². The van der Waals surface area contributed by atoms with Crippen LogP contribution < -0.4 is 0 Å². The Morgan fingerprint density at radius 2 is 0.675 bits per heavy atom. The van der Waals surface area contributed by atoms with E-state index in [9.17, 15) is 0 Å². The van der Waals surface area contributed by atoms with Crippen molar-refractivity contribution in [2.45, 2.75) is 0 Å². The van der Waals surface area contributed by atoms with Crippen molar-refractivity contribution >= 4 is 43.1 Å². The maximum absolute atomic E-state index is 2.33. The molecule has 0 aliphatic carbocycles. The van der Waals surface area contributed by atoms with Crippen molar-refractivity contribution in [2.24, 2.45) is 0 Å². The third-order valence-electron chi connectivity index (χ3n) is 8.22. The first kappa shape index (κ1) is 22.8. The summed E-state index contributed by atoms with van der Waals surface area (Å²) in [5, 5.41) is 10.2. The number of hydrogen-bond donors (Lipinski definition) is 0. The maximum atomic E-state index is 2.33. The van der Waals surface area contributed by atoms with Gasteiger partial charge in [-0.3, -0.25) is 0 Å². The first-order valence-electron chi connectivity index (χ1n) is 13.8. The van der Waals surface area contributed by atoms with E-state index in [-0.39, 0.29) is 0 Å². The molecule has 0 unspecified atom stereocenters. The summed E-state index contributed by atoms with van der Waals surface area (Å²) < 4.78 is 0. The summed E-state index contributed by atoms with van der Waals surface area (Å²) >= 11 is 0. The molecule has 0 atom stereocenters. The predicted molar refractivity (Wildman–Crippen MR) is 173 cm³/mol. The highest BCUT2D eigenvalue weighted by atomic mass is 14.1. The number of hydrogen-bond acceptors (Lipinski definition) is 0. The summed E-state index contributed by atoms with van der Waals surface area (Å²) in [5.74, 6) is 0. The van der Waals surface area contributed by atoms with Gasteiger partial charge in [0.15, 0.2) is 0 Å². The van der Waals surface area contributed by atoms with Crippen LogP contribution in [0, 0.1) is 0 Å². The lowest BCUT2D eigenvalue weighted by Gasteiger charge is -2.12. The molecule has 8 aromatic rings. The summed E-state index contributed by atoms with van der Waals surface area (Å²) in [4.78, 5) is 0. The Morgan fingerprint density at radius 3 is 1.38 bits per heavy atom. The molecule has 8 aromatic carbocycles. The molecule has 0 N–H and O–H groups in total. The molecule has 0 heterocycles. The largest absolute Gasteiger partial charge is 0.0616 e. The molecule has 0 heteroatoms. The molecule has 0 bridgehead atoms. The topological polar surface area (TPSA) is 0 Å². The molecule has 8 rings (SSSR count). The Morgan fingerprint density at radius 1 is 0.225 bits per heavy atom. The van der Waals surface area contributed by atoms with E-state index in [0.29, 0.717) is 0 Å². The van der Waals surface area contributed by atoms with Gasteiger partial charge in [0.2, 0.25) is 0 Å². The molecular formula is C40H26. The molecule has 0 amide bonds. The monoisotopic (exact) mass is 506 g/mol. The lowest BCUT2D eigenvalue weighted by Crippen LogP contribution is -1.86. The summed E-state index contributed by atoms with van der Waals surface area (Å²) in [6, 6.07) is 57.6. The average molecular weight is 507 g/mol. The third-order valence-corrected chi connectivity index (χ3v) is 8.22. The van der Waals surface area contributed by atoms with Crippen molar-refractivity contribution in [3.63, 3.8) is 0 Å². The number of benzene rings is 8. The van der Waals surface area contributed by atoms with E-state index < -0.39 is 0 Å². The molecule has 0 radical (unpaired) electrons. The van der Waals surface area contributed by atoms with Gasteiger partial charge in [-0.1, -0.05) is 133 Å². The van der Waals surface area contributed by atoms with E-state index in [0.717, 1.165) is 0 Å². The summed E-state index contributed by atoms with van der Waals surface area (Å²) in [7, 11) is 0. The van der Waals surface area contributed by atoms with E-state index in [1.54, 1.807) is 0 Å². The van der Waals surface area contributed by atoms with Gasteiger partial charge in [0.1, 0.15) is 0 Å². The lowest BCUT2D eigenvalue weighted by molar-refractivity contribution is 1.62. The Kier molecular flexibility index (Phi) is 5.24. The van der Waals surface area contributed by atoms with Crippen LogP contribution in [0.2, 0.25) is 0 Å². The Labute approximate surface area is 233 Å². The smallest absolute Gasteiger partial charge is 0.00990 e. The lowest BCUT2D eigenvalue weighted by atomic mass is 9.92. The molecule has 40 heavy (non-hydrogen) atoms. The summed E-state index contributed by atoms with van der Waals surface area (Å²) in [5.41, 5.74) is 7.47. The zero-order valence-corrected chi connectivity index (χ0v) is 22.0. The van der Waals surface area contributed by atoms with E-state index in [1.807, 2.05) is 0 Å². The third kappa shape index (κ3) is 3.85.